The van der Waals surface area contributed by atoms with Crippen LogP contribution in [0.2, 0.25) is 0 Å². The van der Waals surface area contributed by atoms with Crippen molar-refractivity contribution in [2.75, 3.05) is 23.4 Å². The van der Waals surface area contributed by atoms with Crippen molar-refractivity contribution >= 4 is 23.0 Å². The Morgan fingerprint density at radius 1 is 1.07 bits per heavy atom. The van der Waals surface area contributed by atoms with Gasteiger partial charge in [-0.2, -0.15) is 5.10 Å². The largest absolute Gasteiger partial charge is 0.399 e. The van der Waals surface area contributed by atoms with E-state index in [9.17, 15) is 0 Å². The van der Waals surface area contributed by atoms with Gasteiger partial charge in [0.1, 0.15) is 11.5 Å². The fourth-order valence-electron chi connectivity index (χ4n) is 4.22. The summed E-state index contributed by atoms with van der Waals surface area (Å²) in [7, 11) is 1.89. The van der Waals surface area contributed by atoms with Crippen molar-refractivity contribution < 1.29 is 0 Å². The summed E-state index contributed by atoms with van der Waals surface area (Å²) >= 11 is 0. The number of fused-ring (bicyclic) bond motifs is 1. The summed E-state index contributed by atoms with van der Waals surface area (Å²) in [5, 5.41) is 11.6. The first-order chi connectivity index (χ1) is 14.7. The van der Waals surface area contributed by atoms with Crippen molar-refractivity contribution in [3.8, 4) is 22.5 Å². The molecule has 0 aliphatic heterocycles. The number of nitrogens with two attached hydrogens (primary N) is 1. The molecule has 0 radical (unpaired) electrons. The molecular formula is C23H25N7. The zero-order valence-electron chi connectivity index (χ0n) is 17.0. The van der Waals surface area contributed by atoms with Crippen LogP contribution >= 0.6 is 0 Å². The van der Waals surface area contributed by atoms with E-state index in [1.165, 1.54) is 25.7 Å². The molecule has 1 saturated carbocycles. The van der Waals surface area contributed by atoms with Gasteiger partial charge < -0.3 is 16.4 Å². The maximum Gasteiger partial charge on any atom is 0.223 e. The third kappa shape index (κ3) is 3.32. The number of rotatable bonds is 5. The molecule has 4 N–H and O–H groups in total. The highest BCUT2D eigenvalue weighted by atomic mass is 15.3. The third-order valence-corrected chi connectivity index (χ3v) is 5.67. The third-order valence-electron chi connectivity index (χ3n) is 5.67. The molecule has 1 aliphatic carbocycles. The van der Waals surface area contributed by atoms with E-state index in [1.807, 2.05) is 60.2 Å². The zero-order chi connectivity index (χ0) is 20.5. The van der Waals surface area contributed by atoms with Crippen LogP contribution in [0.3, 0.4) is 0 Å². The predicted molar refractivity (Wildman–Crippen MR) is 121 cm³/mol. The highest BCUT2D eigenvalue weighted by molar-refractivity contribution is 5.92. The summed E-state index contributed by atoms with van der Waals surface area (Å²) in [6, 6.07) is 16.3. The number of aromatic nitrogens is 4. The summed E-state index contributed by atoms with van der Waals surface area (Å²) < 4.78 is 1.92. The van der Waals surface area contributed by atoms with E-state index in [0.29, 0.717) is 17.7 Å². The van der Waals surface area contributed by atoms with Crippen LogP contribution in [0.4, 0.5) is 17.5 Å². The lowest BCUT2D eigenvalue weighted by atomic mass is 10.0. The molecule has 1 fully saturated rings. The highest BCUT2D eigenvalue weighted by Crippen LogP contribution is 2.36. The van der Waals surface area contributed by atoms with Gasteiger partial charge in [-0.05, 0) is 43.2 Å². The van der Waals surface area contributed by atoms with Crippen LogP contribution in [0, 0.1) is 0 Å². The van der Waals surface area contributed by atoms with Gasteiger partial charge in [-0.25, -0.2) is 14.5 Å². The summed E-state index contributed by atoms with van der Waals surface area (Å²) in [6.45, 7) is 0. The van der Waals surface area contributed by atoms with Crippen LogP contribution in [0.15, 0.2) is 54.7 Å². The summed E-state index contributed by atoms with van der Waals surface area (Å²) in [5.74, 6) is 1.57. The average molecular weight is 400 g/mol. The Morgan fingerprint density at radius 3 is 2.70 bits per heavy atom. The topological polar surface area (TPSA) is 93.2 Å². The van der Waals surface area contributed by atoms with Gasteiger partial charge in [0.05, 0.1) is 16.8 Å². The Kier molecular flexibility index (Phi) is 4.71. The van der Waals surface area contributed by atoms with Gasteiger partial charge in [0.25, 0.3) is 0 Å². The molecular weight excluding hydrogens is 374 g/mol. The molecule has 0 bridgehead atoms. The zero-order valence-corrected chi connectivity index (χ0v) is 17.0. The van der Waals surface area contributed by atoms with Crippen molar-refractivity contribution in [1.82, 2.24) is 19.6 Å². The van der Waals surface area contributed by atoms with E-state index in [-0.39, 0.29) is 0 Å². The van der Waals surface area contributed by atoms with E-state index in [4.69, 9.17) is 15.8 Å². The second kappa shape index (κ2) is 7.67. The van der Waals surface area contributed by atoms with E-state index in [0.717, 1.165) is 33.8 Å². The van der Waals surface area contributed by atoms with Crippen LogP contribution in [0.5, 0.6) is 0 Å². The molecule has 4 aromatic rings. The Labute approximate surface area is 175 Å². The molecule has 0 unspecified atom stereocenters. The smallest absolute Gasteiger partial charge is 0.223 e. The molecule has 3 heterocycles. The van der Waals surface area contributed by atoms with Crippen molar-refractivity contribution in [2.24, 2.45) is 0 Å². The molecule has 1 aliphatic rings. The van der Waals surface area contributed by atoms with Gasteiger partial charge in [-0.3, -0.25) is 0 Å². The first kappa shape index (κ1) is 18.4. The molecule has 7 nitrogen and oxygen atoms in total. The Hall–Kier alpha value is -3.61. The number of benzene rings is 1. The average Bonchev–Trinajstić information content (AvgIpc) is 3.41. The van der Waals surface area contributed by atoms with E-state index in [2.05, 4.69) is 21.7 Å². The molecule has 0 spiro atoms. The fraction of sp³-hybridized carbons (Fsp3) is 0.261. The molecule has 152 valence electrons. The van der Waals surface area contributed by atoms with Crippen LogP contribution < -0.4 is 16.4 Å². The van der Waals surface area contributed by atoms with E-state index < -0.39 is 0 Å². The first-order valence-corrected chi connectivity index (χ1v) is 10.4. The number of nitrogens with one attached hydrogen (secondary N) is 2. The number of hydrogen-bond donors (Lipinski definition) is 3. The molecule has 5 rings (SSSR count). The Bertz CT molecular complexity index is 1190. The first-order valence-electron chi connectivity index (χ1n) is 10.4. The van der Waals surface area contributed by atoms with E-state index >= 15 is 0 Å². The maximum absolute atomic E-state index is 6.07. The molecule has 7 heteroatoms. The van der Waals surface area contributed by atoms with Crippen molar-refractivity contribution in [2.45, 2.75) is 31.7 Å². The fourth-order valence-corrected chi connectivity index (χ4v) is 4.22. The monoisotopic (exact) mass is 399 g/mol. The minimum absolute atomic E-state index is 0.452. The number of nitrogen functional groups attached to an aromatic ring is 1. The molecule has 0 amide bonds. The standard InChI is InChI=1S/C23H25N7/c1-25-20-11-5-10-19-21(22(29-30(19)20)15-6-4-7-16(24)14-15)18-12-13-26-23(28-18)27-17-8-2-3-9-17/h4-7,10-14,17,25H,2-3,8-9,24H2,1H3,(H,26,27,28). The van der Waals surface area contributed by atoms with Crippen molar-refractivity contribution in [3.63, 3.8) is 0 Å². The van der Waals surface area contributed by atoms with Crippen LogP contribution in [0.25, 0.3) is 28.0 Å². The van der Waals surface area contributed by atoms with Gasteiger partial charge >= 0.3 is 0 Å². The Morgan fingerprint density at radius 2 is 1.90 bits per heavy atom. The van der Waals surface area contributed by atoms with Gasteiger partial charge in [-0.15, -0.1) is 0 Å². The van der Waals surface area contributed by atoms with Crippen LogP contribution in [-0.4, -0.2) is 32.7 Å². The molecule has 1 aromatic carbocycles. The molecule has 3 aromatic heterocycles. The SMILES string of the molecule is CNc1cccc2c(-c3ccnc(NC4CCCC4)n3)c(-c3cccc(N)c3)nn12. The lowest BCUT2D eigenvalue weighted by Gasteiger charge is -2.12. The van der Waals surface area contributed by atoms with Crippen molar-refractivity contribution in [3.05, 3.63) is 54.7 Å². The van der Waals surface area contributed by atoms with Crippen molar-refractivity contribution in [1.29, 1.82) is 0 Å². The molecule has 0 atom stereocenters. The number of nitrogens with zero attached hydrogens (tertiary/aromatic N) is 4. The summed E-state index contributed by atoms with van der Waals surface area (Å²) in [4.78, 5) is 9.33. The minimum Gasteiger partial charge on any atom is -0.399 e. The highest BCUT2D eigenvalue weighted by Gasteiger charge is 2.21. The van der Waals surface area contributed by atoms with E-state index in [1.54, 1.807) is 0 Å². The van der Waals surface area contributed by atoms with Crippen LogP contribution in [-0.2, 0) is 0 Å². The number of anilines is 3. The van der Waals surface area contributed by atoms with Gasteiger partial charge in [-0.1, -0.05) is 31.0 Å². The minimum atomic E-state index is 0.452. The van der Waals surface area contributed by atoms with Gasteiger partial charge in [0.2, 0.25) is 5.95 Å². The maximum atomic E-state index is 6.07. The summed E-state index contributed by atoms with van der Waals surface area (Å²) in [5.41, 5.74) is 11.4. The quantitative estimate of drug-likeness (QED) is 0.430. The lowest BCUT2D eigenvalue weighted by molar-refractivity contribution is 0.744. The summed E-state index contributed by atoms with van der Waals surface area (Å²) in [6.07, 6.45) is 6.68. The van der Waals surface area contributed by atoms with Crippen LogP contribution in [0.1, 0.15) is 25.7 Å². The van der Waals surface area contributed by atoms with Gasteiger partial charge in [0, 0.05) is 30.5 Å². The Balaban J connectivity index is 1.68. The second-order valence-corrected chi connectivity index (χ2v) is 7.70. The molecule has 0 saturated heterocycles. The second-order valence-electron chi connectivity index (χ2n) is 7.70. The van der Waals surface area contributed by atoms with Gasteiger partial charge in [0.15, 0.2) is 0 Å². The lowest BCUT2D eigenvalue weighted by Crippen LogP contribution is -2.16. The number of hydrogen-bond acceptors (Lipinski definition) is 6. The number of pyridine rings is 1. The molecule has 30 heavy (non-hydrogen) atoms. The predicted octanol–water partition coefficient (Wildman–Crippen LogP) is 4.44. The normalized spacial score (nSPS) is 14.3.